The van der Waals surface area contributed by atoms with Gasteiger partial charge in [0.05, 0.1) is 0 Å². The molecule has 0 atom stereocenters. The summed E-state index contributed by atoms with van der Waals surface area (Å²) in [6.07, 6.45) is 0.154. The summed E-state index contributed by atoms with van der Waals surface area (Å²) in [6.45, 7) is 1.01. The third kappa shape index (κ3) is 3.47. The Balaban J connectivity index is 1.80. The maximum atomic E-state index is 11.6. The second kappa shape index (κ2) is 5.74. The zero-order valence-electron chi connectivity index (χ0n) is 9.88. The van der Waals surface area contributed by atoms with E-state index in [1.165, 1.54) is 17.8 Å². The molecule has 0 spiro atoms. The zero-order valence-corrected chi connectivity index (χ0v) is 10.7. The van der Waals surface area contributed by atoms with Crippen molar-refractivity contribution >= 4 is 34.7 Å². The van der Waals surface area contributed by atoms with Gasteiger partial charge in [0.2, 0.25) is 5.91 Å². The van der Waals surface area contributed by atoms with Crippen LogP contribution in [-0.2, 0) is 4.79 Å². The highest BCUT2D eigenvalue weighted by Crippen LogP contribution is 2.17. The second-order valence-corrected chi connectivity index (χ2v) is 4.92. The molecule has 2 heterocycles. The number of amides is 2. The lowest BCUT2D eigenvalue weighted by Crippen LogP contribution is -2.27. The van der Waals surface area contributed by atoms with E-state index in [2.05, 4.69) is 15.5 Å². The average molecular weight is 284 g/mol. The maximum Gasteiger partial charge on any atom is 0.353 e. The van der Waals surface area contributed by atoms with Gasteiger partial charge in [-0.3, -0.25) is 14.7 Å². The number of nitrogens with one attached hydrogen (secondary N) is 2. The minimum Gasteiger partial charge on any atom is -0.477 e. The van der Waals surface area contributed by atoms with Crippen molar-refractivity contribution < 1.29 is 19.5 Å². The minimum atomic E-state index is -1.15. The van der Waals surface area contributed by atoms with E-state index in [4.69, 9.17) is 5.11 Å². The van der Waals surface area contributed by atoms with E-state index in [1.54, 1.807) is 4.90 Å². The van der Waals surface area contributed by atoms with Crippen molar-refractivity contribution in [3.05, 3.63) is 11.8 Å². The van der Waals surface area contributed by atoms with Crippen LogP contribution in [0.15, 0.2) is 6.07 Å². The summed E-state index contributed by atoms with van der Waals surface area (Å²) in [6, 6.07) is 1.23. The predicted octanol–water partition coefficient (Wildman–Crippen LogP) is 0.605. The highest BCUT2D eigenvalue weighted by molar-refractivity contribution is 8.13. The first kappa shape index (κ1) is 13.4. The van der Waals surface area contributed by atoms with Gasteiger partial charge in [0.1, 0.15) is 5.69 Å². The molecule has 0 bridgehead atoms. The molecule has 1 aliphatic heterocycles. The molecule has 102 valence electrons. The zero-order chi connectivity index (χ0) is 13.8. The Bertz CT molecular complexity index is 515. The average Bonchev–Trinajstić information content (AvgIpc) is 2.96. The van der Waals surface area contributed by atoms with E-state index < -0.39 is 5.97 Å². The van der Waals surface area contributed by atoms with Crippen LogP contribution in [0.4, 0.5) is 10.6 Å². The molecule has 2 rings (SSSR count). The summed E-state index contributed by atoms with van der Waals surface area (Å²) in [5.74, 6) is -0.549. The number of thioether (sulfide) groups is 1. The normalized spacial score (nSPS) is 14.7. The number of carbonyl (C=O) groups is 3. The highest BCUT2D eigenvalue weighted by Gasteiger charge is 2.21. The number of rotatable bonds is 5. The quantitative estimate of drug-likeness (QED) is 0.729. The van der Waals surface area contributed by atoms with Gasteiger partial charge in [0.15, 0.2) is 5.82 Å². The molecule has 0 aromatic carbocycles. The summed E-state index contributed by atoms with van der Waals surface area (Å²) in [7, 11) is 0. The molecule has 3 N–H and O–H groups in total. The van der Waals surface area contributed by atoms with E-state index in [-0.39, 0.29) is 29.1 Å². The molecule has 1 aromatic rings. The Hall–Kier alpha value is -2.03. The van der Waals surface area contributed by atoms with Gasteiger partial charge in [-0.1, -0.05) is 11.8 Å². The molecule has 0 aliphatic carbocycles. The Morgan fingerprint density at radius 1 is 1.58 bits per heavy atom. The predicted molar refractivity (Wildman–Crippen MR) is 68.2 cm³/mol. The van der Waals surface area contributed by atoms with Crippen molar-refractivity contribution in [3.8, 4) is 0 Å². The lowest BCUT2D eigenvalue weighted by Gasteiger charge is -2.13. The number of carboxylic acids is 1. The van der Waals surface area contributed by atoms with Gasteiger partial charge in [-0.05, 0) is 0 Å². The van der Waals surface area contributed by atoms with Crippen molar-refractivity contribution in [2.75, 3.05) is 24.2 Å². The number of H-pyrrole nitrogens is 1. The summed E-state index contributed by atoms with van der Waals surface area (Å²) < 4.78 is 0. The van der Waals surface area contributed by atoms with Crippen LogP contribution < -0.4 is 5.32 Å². The number of nitrogens with zero attached hydrogens (tertiary/aromatic N) is 2. The van der Waals surface area contributed by atoms with E-state index in [0.717, 1.165) is 5.75 Å². The van der Waals surface area contributed by atoms with E-state index in [1.807, 2.05) is 0 Å². The number of aromatic nitrogens is 2. The molecule has 0 saturated carbocycles. The topological polar surface area (TPSA) is 115 Å². The number of hydrogen-bond acceptors (Lipinski definition) is 5. The summed E-state index contributed by atoms with van der Waals surface area (Å²) >= 11 is 1.24. The Labute approximate surface area is 112 Å². The van der Waals surface area contributed by atoms with E-state index >= 15 is 0 Å². The van der Waals surface area contributed by atoms with E-state index in [0.29, 0.717) is 13.1 Å². The van der Waals surface area contributed by atoms with Gasteiger partial charge < -0.3 is 15.3 Å². The van der Waals surface area contributed by atoms with Crippen LogP contribution in [0.3, 0.4) is 0 Å². The first-order valence-corrected chi connectivity index (χ1v) is 6.55. The molecule has 19 heavy (non-hydrogen) atoms. The number of hydrogen-bond donors (Lipinski definition) is 3. The van der Waals surface area contributed by atoms with Gasteiger partial charge in [-0.15, -0.1) is 0 Å². The SMILES string of the molecule is O=C(CCN1CCSC1=O)Nc1cc(C(=O)O)[nH]n1. The van der Waals surface area contributed by atoms with Gasteiger partial charge >= 0.3 is 5.97 Å². The van der Waals surface area contributed by atoms with Gasteiger partial charge in [0.25, 0.3) is 5.24 Å². The van der Waals surface area contributed by atoms with Gasteiger partial charge in [-0.2, -0.15) is 5.10 Å². The molecular weight excluding hydrogens is 272 g/mol. The first-order valence-electron chi connectivity index (χ1n) is 5.56. The fourth-order valence-electron chi connectivity index (χ4n) is 1.57. The monoisotopic (exact) mass is 284 g/mol. The lowest BCUT2D eigenvalue weighted by atomic mass is 10.3. The number of aromatic amines is 1. The molecule has 8 nitrogen and oxygen atoms in total. The summed E-state index contributed by atoms with van der Waals surface area (Å²) in [4.78, 5) is 35.1. The van der Waals surface area contributed by atoms with Crippen LogP contribution in [0.5, 0.6) is 0 Å². The van der Waals surface area contributed by atoms with Gasteiger partial charge in [0, 0.05) is 31.3 Å². The molecule has 2 amide bonds. The van der Waals surface area contributed by atoms with Gasteiger partial charge in [-0.25, -0.2) is 4.79 Å². The van der Waals surface area contributed by atoms with Crippen molar-refractivity contribution in [1.29, 1.82) is 0 Å². The minimum absolute atomic E-state index is 0.0132. The van der Waals surface area contributed by atoms with Crippen LogP contribution >= 0.6 is 11.8 Å². The number of anilines is 1. The fraction of sp³-hybridized carbons (Fsp3) is 0.400. The number of carboxylic acid groups (broad SMARTS) is 1. The van der Waals surface area contributed by atoms with Crippen LogP contribution in [0.25, 0.3) is 0 Å². The Kier molecular flexibility index (Phi) is 4.05. The van der Waals surface area contributed by atoms with E-state index in [9.17, 15) is 14.4 Å². The van der Waals surface area contributed by atoms with Crippen molar-refractivity contribution in [2.24, 2.45) is 0 Å². The van der Waals surface area contributed by atoms with Crippen molar-refractivity contribution in [1.82, 2.24) is 15.1 Å². The molecule has 0 radical (unpaired) electrons. The molecule has 1 aliphatic rings. The van der Waals surface area contributed by atoms with Crippen LogP contribution in [0.1, 0.15) is 16.9 Å². The van der Waals surface area contributed by atoms with Crippen molar-refractivity contribution in [2.45, 2.75) is 6.42 Å². The smallest absolute Gasteiger partial charge is 0.353 e. The van der Waals surface area contributed by atoms with Crippen LogP contribution in [0, 0.1) is 0 Å². The first-order chi connectivity index (χ1) is 9.06. The highest BCUT2D eigenvalue weighted by atomic mass is 32.2. The maximum absolute atomic E-state index is 11.6. The second-order valence-electron chi connectivity index (χ2n) is 3.87. The fourth-order valence-corrected chi connectivity index (χ4v) is 2.42. The number of carbonyl (C=O) groups excluding carboxylic acids is 2. The van der Waals surface area contributed by atoms with Crippen LogP contribution in [-0.4, -0.2) is 56.2 Å². The molecule has 1 aromatic heterocycles. The number of aromatic carboxylic acids is 1. The Morgan fingerprint density at radius 2 is 2.37 bits per heavy atom. The van der Waals surface area contributed by atoms with Crippen LogP contribution in [0.2, 0.25) is 0 Å². The Morgan fingerprint density at radius 3 is 2.95 bits per heavy atom. The molecule has 1 saturated heterocycles. The standard InChI is InChI=1S/C10H12N4O4S/c15-8(1-2-14-3-4-19-10(14)18)11-7-5-6(9(16)17)12-13-7/h5H,1-4H2,(H,16,17)(H2,11,12,13,15). The molecule has 1 fully saturated rings. The van der Waals surface area contributed by atoms with Crippen molar-refractivity contribution in [3.63, 3.8) is 0 Å². The molecule has 9 heteroatoms. The third-order valence-electron chi connectivity index (χ3n) is 2.53. The molecular formula is C10H12N4O4S. The molecule has 0 unspecified atom stereocenters. The third-order valence-corrected chi connectivity index (χ3v) is 3.42. The summed E-state index contributed by atoms with van der Waals surface area (Å²) in [5, 5.41) is 17.1. The lowest BCUT2D eigenvalue weighted by molar-refractivity contribution is -0.116. The summed E-state index contributed by atoms with van der Waals surface area (Å²) in [5.41, 5.74) is -0.0959. The largest absolute Gasteiger partial charge is 0.477 e.